The number of nitrogens with zero attached hydrogens (tertiary/aromatic N) is 2. The van der Waals surface area contributed by atoms with Gasteiger partial charge in [0.1, 0.15) is 16.9 Å². The van der Waals surface area contributed by atoms with Crippen LogP contribution in [0.4, 0.5) is 28.0 Å². The van der Waals surface area contributed by atoms with Crippen LogP contribution in [0.15, 0.2) is 17.1 Å². The number of ether oxygens (including phenoxy) is 2. The Labute approximate surface area is 215 Å². The number of carbonyl (C=O) groups excluding carboxylic acids is 1. The fraction of sp³-hybridized carbons (Fsp3) is 0.560. The van der Waals surface area contributed by atoms with E-state index in [1.54, 1.807) is 20.8 Å². The topological polar surface area (TPSA) is 110 Å². The summed E-state index contributed by atoms with van der Waals surface area (Å²) in [5.41, 5.74) is -2.42. The van der Waals surface area contributed by atoms with E-state index in [-0.39, 0.29) is 41.5 Å². The Kier molecular flexibility index (Phi) is 7.00. The van der Waals surface area contributed by atoms with Crippen molar-refractivity contribution in [3.8, 4) is 5.75 Å². The second kappa shape index (κ2) is 9.66. The minimum absolute atomic E-state index is 0.125. The molecule has 1 amide bonds. The normalized spacial score (nSPS) is 20.1. The zero-order valence-corrected chi connectivity index (χ0v) is 21.3. The first-order chi connectivity index (χ1) is 17.6. The minimum atomic E-state index is -4.64. The number of alkyl carbamates (subject to hydrolysis) is 1. The van der Waals surface area contributed by atoms with Crippen LogP contribution in [-0.4, -0.2) is 60.3 Å². The fourth-order valence-corrected chi connectivity index (χ4v) is 4.88. The Bertz CT molecular complexity index is 1330. The molecule has 1 aromatic heterocycles. The molecule has 208 valence electrons. The number of carboxylic acids is 1. The van der Waals surface area contributed by atoms with E-state index in [0.717, 1.165) is 6.07 Å². The van der Waals surface area contributed by atoms with Crippen LogP contribution >= 0.6 is 0 Å². The lowest BCUT2D eigenvalue weighted by molar-refractivity contribution is -0.178. The maximum atomic E-state index is 15.5. The van der Waals surface area contributed by atoms with Gasteiger partial charge in [-0.15, -0.1) is 0 Å². The number of carboxylic acid groups (broad SMARTS) is 1. The van der Waals surface area contributed by atoms with Crippen LogP contribution in [0.3, 0.4) is 0 Å². The molecule has 2 atom stereocenters. The van der Waals surface area contributed by atoms with Gasteiger partial charge in [-0.3, -0.25) is 4.79 Å². The zero-order valence-electron chi connectivity index (χ0n) is 21.3. The lowest BCUT2D eigenvalue weighted by atomic mass is 9.95. The number of amides is 1. The fourth-order valence-electron chi connectivity index (χ4n) is 4.88. The number of hydrogen-bond acceptors (Lipinski definition) is 6. The van der Waals surface area contributed by atoms with E-state index in [4.69, 9.17) is 9.47 Å². The molecular weight excluding hydrogens is 514 g/mol. The molecule has 2 heterocycles. The molecular formula is C25H29F4N3O6. The smallest absolute Gasteiger partial charge is 0.407 e. The highest BCUT2D eigenvalue weighted by Gasteiger charge is 2.50. The number of halogens is 4. The molecule has 1 aliphatic carbocycles. The van der Waals surface area contributed by atoms with Crippen molar-refractivity contribution in [2.75, 3.05) is 31.6 Å². The number of alkyl halides is 3. The Morgan fingerprint density at radius 1 is 1.18 bits per heavy atom. The van der Waals surface area contributed by atoms with Gasteiger partial charge in [0.25, 0.3) is 0 Å². The number of anilines is 1. The van der Waals surface area contributed by atoms with Gasteiger partial charge in [0.2, 0.25) is 5.43 Å². The third-order valence-corrected chi connectivity index (χ3v) is 6.66. The zero-order chi connectivity index (χ0) is 28.2. The summed E-state index contributed by atoms with van der Waals surface area (Å²) >= 11 is 0. The predicted molar refractivity (Wildman–Crippen MR) is 129 cm³/mol. The number of carbonyl (C=O) groups is 2. The first-order valence-electron chi connectivity index (χ1n) is 12.1. The lowest BCUT2D eigenvalue weighted by Gasteiger charge is -2.25. The summed E-state index contributed by atoms with van der Waals surface area (Å²) in [6.45, 7) is 3.64. The van der Waals surface area contributed by atoms with Gasteiger partial charge in [-0.25, -0.2) is 14.0 Å². The summed E-state index contributed by atoms with van der Waals surface area (Å²) in [6, 6.07) is 0.700. The Morgan fingerprint density at radius 3 is 2.37 bits per heavy atom. The first kappa shape index (κ1) is 27.5. The van der Waals surface area contributed by atoms with Crippen molar-refractivity contribution in [3.63, 3.8) is 0 Å². The number of aromatic nitrogens is 1. The maximum Gasteiger partial charge on any atom is 0.407 e. The summed E-state index contributed by atoms with van der Waals surface area (Å²) in [7, 11) is 1.21. The molecule has 2 aromatic rings. The Hall–Kier alpha value is -3.51. The van der Waals surface area contributed by atoms with Crippen molar-refractivity contribution in [1.29, 1.82) is 0 Å². The van der Waals surface area contributed by atoms with E-state index >= 15 is 4.39 Å². The largest absolute Gasteiger partial charge is 0.492 e. The first-order valence-corrected chi connectivity index (χ1v) is 12.1. The highest BCUT2D eigenvalue weighted by molar-refractivity contribution is 5.97. The van der Waals surface area contributed by atoms with Gasteiger partial charge in [-0.05, 0) is 39.7 Å². The van der Waals surface area contributed by atoms with Gasteiger partial charge >= 0.3 is 18.2 Å². The molecule has 13 heteroatoms. The van der Waals surface area contributed by atoms with E-state index < -0.39 is 59.0 Å². The standard InChI is InChI=1S/C25H29F4N3O6/c1-24(2,3)38-23(36)30-8-12-9-31(11-16(12)25(27,28)29)19-17(26)7-14-18(21(19)37-4)32(13-5-6-13)10-15(20(14)33)22(34)35/h7,10,12-13,16H,5-6,8-9,11H2,1-4H3,(H,30,36)(H,34,35)/t12-,16-/m1/s1. The van der Waals surface area contributed by atoms with Crippen molar-refractivity contribution in [2.24, 2.45) is 11.8 Å². The third kappa shape index (κ3) is 5.37. The second-order valence-electron chi connectivity index (χ2n) is 10.6. The SMILES string of the molecule is COc1c(N2C[C@@H](CNC(=O)OC(C)(C)C)[C@H](C(F)(F)F)C2)c(F)cc2c(=O)c(C(=O)O)cn(C3CC3)c12. The second-order valence-corrected chi connectivity index (χ2v) is 10.6. The van der Waals surface area contributed by atoms with E-state index in [1.807, 2.05) is 0 Å². The van der Waals surface area contributed by atoms with Gasteiger partial charge in [-0.1, -0.05) is 0 Å². The summed E-state index contributed by atoms with van der Waals surface area (Å²) in [6.07, 6.45) is -2.96. The highest BCUT2D eigenvalue weighted by atomic mass is 19.4. The van der Waals surface area contributed by atoms with E-state index in [0.29, 0.717) is 12.8 Å². The number of rotatable bonds is 6. The highest BCUT2D eigenvalue weighted by Crippen LogP contribution is 2.46. The van der Waals surface area contributed by atoms with Gasteiger partial charge in [0.15, 0.2) is 11.6 Å². The summed E-state index contributed by atoms with van der Waals surface area (Å²) in [5, 5.41) is 11.6. The van der Waals surface area contributed by atoms with Crippen LogP contribution in [0.2, 0.25) is 0 Å². The number of nitrogens with one attached hydrogen (secondary N) is 1. The Balaban J connectivity index is 1.76. The van der Waals surface area contributed by atoms with Crippen LogP contribution in [-0.2, 0) is 4.74 Å². The molecule has 1 aromatic carbocycles. The molecule has 0 radical (unpaired) electrons. The summed E-state index contributed by atoms with van der Waals surface area (Å²) in [4.78, 5) is 37.8. The molecule has 0 spiro atoms. The van der Waals surface area contributed by atoms with Gasteiger partial charge in [0, 0.05) is 37.8 Å². The molecule has 1 saturated carbocycles. The number of aromatic carboxylic acids is 1. The molecule has 0 unspecified atom stereocenters. The molecule has 1 aliphatic heterocycles. The average Bonchev–Trinajstić information content (AvgIpc) is 3.54. The number of benzene rings is 1. The molecule has 2 aliphatic rings. The van der Waals surface area contributed by atoms with Gasteiger partial charge in [0.05, 0.1) is 23.9 Å². The maximum absolute atomic E-state index is 15.5. The average molecular weight is 544 g/mol. The third-order valence-electron chi connectivity index (χ3n) is 6.66. The lowest BCUT2D eigenvalue weighted by Crippen LogP contribution is -2.39. The van der Waals surface area contributed by atoms with Crippen molar-refractivity contribution in [2.45, 2.75) is 51.4 Å². The summed E-state index contributed by atoms with van der Waals surface area (Å²) < 4.78 is 69.6. The van der Waals surface area contributed by atoms with E-state index in [2.05, 4.69) is 5.32 Å². The molecule has 2 fully saturated rings. The minimum Gasteiger partial charge on any atom is -0.492 e. The van der Waals surface area contributed by atoms with Crippen LogP contribution < -0.4 is 20.4 Å². The summed E-state index contributed by atoms with van der Waals surface area (Å²) in [5.74, 6) is -5.65. The van der Waals surface area contributed by atoms with Crippen LogP contribution in [0, 0.1) is 17.7 Å². The van der Waals surface area contributed by atoms with Crippen molar-refractivity contribution in [1.82, 2.24) is 9.88 Å². The number of pyridine rings is 1. The quantitative estimate of drug-likeness (QED) is 0.522. The van der Waals surface area contributed by atoms with Gasteiger partial charge in [-0.2, -0.15) is 13.2 Å². The number of fused-ring (bicyclic) bond motifs is 1. The van der Waals surface area contributed by atoms with Crippen LogP contribution in [0.1, 0.15) is 50.0 Å². The van der Waals surface area contributed by atoms with Crippen LogP contribution in [0.5, 0.6) is 5.75 Å². The Morgan fingerprint density at radius 2 is 1.84 bits per heavy atom. The van der Waals surface area contributed by atoms with Crippen molar-refractivity contribution in [3.05, 3.63) is 33.9 Å². The molecule has 9 nitrogen and oxygen atoms in total. The molecule has 4 rings (SSSR count). The monoisotopic (exact) mass is 543 g/mol. The number of hydrogen-bond donors (Lipinski definition) is 2. The molecule has 2 N–H and O–H groups in total. The van der Waals surface area contributed by atoms with E-state index in [9.17, 15) is 32.7 Å². The number of methoxy groups -OCH3 is 1. The molecule has 38 heavy (non-hydrogen) atoms. The predicted octanol–water partition coefficient (Wildman–Crippen LogP) is 4.32. The molecule has 0 bridgehead atoms. The van der Waals surface area contributed by atoms with Crippen molar-refractivity contribution >= 4 is 28.7 Å². The van der Waals surface area contributed by atoms with E-state index in [1.165, 1.54) is 22.8 Å². The van der Waals surface area contributed by atoms with Gasteiger partial charge < -0.3 is 29.4 Å². The molecule has 1 saturated heterocycles. The van der Waals surface area contributed by atoms with Crippen molar-refractivity contribution < 1.29 is 41.7 Å². The van der Waals surface area contributed by atoms with Crippen LogP contribution in [0.25, 0.3) is 10.9 Å².